The molecule has 3 aromatic rings. The number of hydrogen-bond acceptors (Lipinski definition) is 4. The zero-order chi connectivity index (χ0) is 21.2. The molecule has 3 rings (SSSR count). The van der Waals surface area contributed by atoms with Crippen LogP contribution in [0.15, 0.2) is 30.5 Å². The van der Waals surface area contributed by atoms with Crippen LogP contribution in [0.1, 0.15) is 37.8 Å². The summed E-state index contributed by atoms with van der Waals surface area (Å²) in [6.45, 7) is 7.61. The zero-order valence-electron chi connectivity index (χ0n) is 16.5. The Bertz CT molecular complexity index is 990. The highest BCUT2D eigenvalue weighted by Crippen LogP contribution is 2.33. The fourth-order valence-electron chi connectivity index (χ4n) is 3.28. The maximum atomic E-state index is 14.3. The molecule has 1 N–H and O–H groups in total. The average molecular weight is 409 g/mol. The standard InChI is InChI=1S/C20H23F4N5/c1-4-10-28(11-5-2)19-13(3)18(27-17-8-9-25-29(17)19)26-16-7-6-14(12-15(16)21)20(22,23)24/h6-9,12H,4-5,10-11H2,1-3H3,(H,26,27). The first-order valence-electron chi connectivity index (χ1n) is 9.49. The van der Waals surface area contributed by atoms with Crippen LogP contribution >= 0.6 is 0 Å². The summed E-state index contributed by atoms with van der Waals surface area (Å²) in [6.07, 6.45) is -1.11. The summed E-state index contributed by atoms with van der Waals surface area (Å²) >= 11 is 0. The first-order valence-corrected chi connectivity index (χ1v) is 9.49. The Morgan fingerprint density at radius 1 is 1.10 bits per heavy atom. The molecule has 9 heteroatoms. The van der Waals surface area contributed by atoms with Crippen molar-refractivity contribution in [3.8, 4) is 0 Å². The third-order valence-corrected chi connectivity index (χ3v) is 4.58. The Labute approximate surface area is 166 Å². The van der Waals surface area contributed by atoms with Crippen LogP contribution in [-0.4, -0.2) is 27.7 Å². The molecular weight excluding hydrogens is 386 g/mol. The molecule has 0 saturated heterocycles. The van der Waals surface area contributed by atoms with Crippen molar-refractivity contribution in [1.82, 2.24) is 14.6 Å². The smallest absolute Gasteiger partial charge is 0.356 e. The van der Waals surface area contributed by atoms with E-state index in [0.717, 1.165) is 49.4 Å². The van der Waals surface area contributed by atoms with E-state index < -0.39 is 17.6 Å². The number of aromatic nitrogens is 3. The van der Waals surface area contributed by atoms with Crippen molar-refractivity contribution in [2.45, 2.75) is 39.8 Å². The van der Waals surface area contributed by atoms with Crippen molar-refractivity contribution in [2.75, 3.05) is 23.3 Å². The molecule has 0 aliphatic heterocycles. The maximum absolute atomic E-state index is 14.3. The van der Waals surface area contributed by atoms with Crippen LogP contribution in [0.2, 0.25) is 0 Å². The number of fused-ring (bicyclic) bond motifs is 1. The van der Waals surface area contributed by atoms with Crippen LogP contribution in [0.5, 0.6) is 0 Å². The topological polar surface area (TPSA) is 45.5 Å². The molecular formula is C20H23F4N5. The molecule has 0 aliphatic rings. The summed E-state index contributed by atoms with van der Waals surface area (Å²) in [5.74, 6) is 0.220. The van der Waals surface area contributed by atoms with E-state index in [9.17, 15) is 17.6 Å². The van der Waals surface area contributed by atoms with Gasteiger partial charge in [-0.05, 0) is 38.0 Å². The molecule has 0 fully saturated rings. The van der Waals surface area contributed by atoms with Gasteiger partial charge in [-0.1, -0.05) is 13.8 Å². The molecule has 0 radical (unpaired) electrons. The van der Waals surface area contributed by atoms with Crippen LogP contribution in [0.4, 0.5) is 34.9 Å². The Morgan fingerprint density at radius 2 is 1.79 bits per heavy atom. The molecule has 2 aromatic heterocycles. The second-order valence-corrected chi connectivity index (χ2v) is 6.81. The van der Waals surface area contributed by atoms with Gasteiger partial charge in [0, 0.05) is 24.7 Å². The van der Waals surface area contributed by atoms with Crippen molar-refractivity contribution in [3.05, 3.63) is 47.4 Å². The van der Waals surface area contributed by atoms with Crippen LogP contribution < -0.4 is 10.2 Å². The molecule has 0 saturated carbocycles. The lowest BCUT2D eigenvalue weighted by atomic mass is 10.2. The number of halogens is 4. The van der Waals surface area contributed by atoms with Crippen molar-refractivity contribution in [3.63, 3.8) is 0 Å². The molecule has 2 heterocycles. The second kappa shape index (κ2) is 8.26. The maximum Gasteiger partial charge on any atom is 0.416 e. The highest BCUT2D eigenvalue weighted by Gasteiger charge is 2.31. The Hall–Kier alpha value is -2.84. The van der Waals surface area contributed by atoms with Gasteiger partial charge in [-0.3, -0.25) is 0 Å². The summed E-state index contributed by atoms with van der Waals surface area (Å²) < 4.78 is 54.5. The first kappa shape index (κ1) is 20.9. The first-order chi connectivity index (χ1) is 13.8. The van der Waals surface area contributed by atoms with Crippen LogP contribution in [-0.2, 0) is 6.18 Å². The fourth-order valence-corrected chi connectivity index (χ4v) is 3.28. The zero-order valence-corrected chi connectivity index (χ0v) is 16.5. The minimum atomic E-state index is -4.60. The predicted molar refractivity (Wildman–Crippen MR) is 105 cm³/mol. The monoisotopic (exact) mass is 409 g/mol. The van der Waals surface area contributed by atoms with Gasteiger partial charge in [0.15, 0.2) is 5.65 Å². The summed E-state index contributed by atoms with van der Waals surface area (Å²) in [4.78, 5) is 6.67. The molecule has 0 bridgehead atoms. The van der Waals surface area contributed by atoms with Gasteiger partial charge >= 0.3 is 6.18 Å². The quantitative estimate of drug-likeness (QED) is 0.519. The lowest BCUT2D eigenvalue weighted by molar-refractivity contribution is -0.137. The van der Waals surface area contributed by atoms with Crippen molar-refractivity contribution in [1.29, 1.82) is 0 Å². The molecule has 0 spiro atoms. The van der Waals surface area contributed by atoms with Crippen LogP contribution in [0, 0.1) is 12.7 Å². The van der Waals surface area contributed by atoms with Crippen molar-refractivity contribution in [2.24, 2.45) is 0 Å². The van der Waals surface area contributed by atoms with E-state index in [1.165, 1.54) is 0 Å². The number of alkyl halides is 3. The SMILES string of the molecule is CCCN(CCC)c1c(C)c(Nc2ccc(C(F)(F)F)cc2F)nc2ccnn12. The van der Waals surface area contributed by atoms with E-state index in [0.29, 0.717) is 17.5 Å². The summed E-state index contributed by atoms with van der Waals surface area (Å²) in [5, 5.41) is 7.21. The summed E-state index contributed by atoms with van der Waals surface area (Å²) in [7, 11) is 0. The Kier molecular flexibility index (Phi) is 5.95. The van der Waals surface area contributed by atoms with E-state index >= 15 is 0 Å². The third-order valence-electron chi connectivity index (χ3n) is 4.58. The summed E-state index contributed by atoms with van der Waals surface area (Å²) in [6, 6.07) is 4.14. The lowest BCUT2D eigenvalue weighted by Crippen LogP contribution is -2.28. The Balaban J connectivity index is 2.06. The van der Waals surface area contributed by atoms with E-state index in [-0.39, 0.29) is 5.69 Å². The predicted octanol–water partition coefficient (Wildman–Crippen LogP) is 5.57. The summed E-state index contributed by atoms with van der Waals surface area (Å²) in [5.41, 5.74) is 0.204. The van der Waals surface area contributed by atoms with Gasteiger partial charge in [-0.25, -0.2) is 9.37 Å². The van der Waals surface area contributed by atoms with E-state index in [1.54, 1.807) is 16.8 Å². The fraction of sp³-hybridized carbons (Fsp3) is 0.400. The second-order valence-electron chi connectivity index (χ2n) is 6.81. The number of nitrogens with one attached hydrogen (secondary N) is 1. The molecule has 29 heavy (non-hydrogen) atoms. The average Bonchev–Trinajstić information content (AvgIpc) is 3.11. The van der Waals surface area contributed by atoms with E-state index in [2.05, 4.69) is 34.1 Å². The molecule has 0 atom stereocenters. The molecule has 156 valence electrons. The van der Waals surface area contributed by atoms with Crippen molar-refractivity contribution >= 4 is 23.0 Å². The van der Waals surface area contributed by atoms with Crippen LogP contribution in [0.3, 0.4) is 0 Å². The largest absolute Gasteiger partial charge is 0.416 e. The minimum Gasteiger partial charge on any atom is -0.356 e. The molecule has 0 amide bonds. The van der Waals surface area contributed by atoms with E-state index in [1.807, 2.05) is 6.92 Å². The van der Waals surface area contributed by atoms with Crippen LogP contribution in [0.25, 0.3) is 5.65 Å². The van der Waals surface area contributed by atoms with Gasteiger partial charge in [0.2, 0.25) is 0 Å². The van der Waals surface area contributed by atoms with E-state index in [4.69, 9.17) is 0 Å². The molecule has 0 unspecified atom stereocenters. The molecule has 0 aliphatic carbocycles. The molecule has 5 nitrogen and oxygen atoms in total. The van der Waals surface area contributed by atoms with Gasteiger partial charge in [-0.2, -0.15) is 22.8 Å². The number of benzene rings is 1. The third kappa shape index (κ3) is 4.28. The Morgan fingerprint density at radius 3 is 2.38 bits per heavy atom. The van der Waals surface area contributed by atoms with Gasteiger partial charge in [0.25, 0.3) is 0 Å². The lowest BCUT2D eigenvalue weighted by Gasteiger charge is -2.27. The van der Waals surface area contributed by atoms with Crippen molar-refractivity contribution < 1.29 is 17.6 Å². The highest BCUT2D eigenvalue weighted by molar-refractivity contribution is 5.69. The number of nitrogens with zero attached hydrogens (tertiary/aromatic N) is 4. The highest BCUT2D eigenvalue weighted by atomic mass is 19.4. The number of anilines is 3. The minimum absolute atomic E-state index is 0.0686. The van der Waals surface area contributed by atoms with Gasteiger partial charge < -0.3 is 10.2 Å². The molecule has 1 aromatic carbocycles. The van der Waals surface area contributed by atoms with Gasteiger partial charge in [0.05, 0.1) is 17.4 Å². The number of rotatable bonds is 7. The number of hydrogen-bond donors (Lipinski definition) is 1. The van der Waals surface area contributed by atoms with Gasteiger partial charge in [-0.15, -0.1) is 0 Å². The normalized spacial score (nSPS) is 11.8. The van der Waals surface area contributed by atoms with Gasteiger partial charge in [0.1, 0.15) is 17.5 Å².